The molecule has 102 valence electrons. The van der Waals surface area contributed by atoms with Gasteiger partial charge in [0, 0.05) is 0 Å². The van der Waals surface area contributed by atoms with Gasteiger partial charge in [-0.25, -0.2) is 8.78 Å². The molecule has 18 heavy (non-hydrogen) atoms. The molecule has 0 aliphatic heterocycles. The van der Waals surface area contributed by atoms with Gasteiger partial charge in [-0.15, -0.1) is 0 Å². The Labute approximate surface area is 109 Å². The molecular weight excluding hydrogens is 232 g/mol. The van der Waals surface area contributed by atoms with Gasteiger partial charge in [-0.3, -0.25) is 0 Å². The lowest BCUT2D eigenvalue weighted by molar-refractivity contribution is 0.468. The zero-order valence-electron chi connectivity index (χ0n) is 11.3. The van der Waals surface area contributed by atoms with Crippen molar-refractivity contribution in [3.63, 3.8) is 0 Å². The molecule has 0 aromatic heterocycles. The van der Waals surface area contributed by atoms with Crippen LogP contribution >= 0.6 is 0 Å². The maximum atomic E-state index is 13.0. The normalized spacial score (nSPS) is 12.7. The number of benzene rings is 1. The second kappa shape index (κ2) is 8.20. The van der Waals surface area contributed by atoms with Gasteiger partial charge in [0.05, 0.1) is 0 Å². The van der Waals surface area contributed by atoms with Crippen LogP contribution in [-0.4, -0.2) is 13.1 Å². The van der Waals surface area contributed by atoms with E-state index in [1.54, 1.807) is 6.07 Å². The van der Waals surface area contributed by atoms with E-state index in [1.807, 2.05) is 0 Å². The predicted molar refractivity (Wildman–Crippen MR) is 71.6 cm³/mol. The molecule has 0 saturated heterocycles. The standard InChI is InChI=1S/C15H23F2N/c1-3-9-18-10-8-12(2)4-5-13-6-7-14(16)15(17)11-13/h6-7,11-12,18H,3-5,8-10H2,1-2H3. The van der Waals surface area contributed by atoms with Gasteiger partial charge in [-0.2, -0.15) is 0 Å². The van der Waals surface area contributed by atoms with Crippen molar-refractivity contribution in [2.45, 2.75) is 39.5 Å². The molecule has 1 aromatic carbocycles. The highest BCUT2D eigenvalue weighted by atomic mass is 19.2. The minimum Gasteiger partial charge on any atom is -0.317 e. The van der Waals surface area contributed by atoms with E-state index >= 15 is 0 Å². The van der Waals surface area contributed by atoms with E-state index in [-0.39, 0.29) is 0 Å². The van der Waals surface area contributed by atoms with Gasteiger partial charge in [0.2, 0.25) is 0 Å². The number of hydrogen-bond donors (Lipinski definition) is 1. The molecule has 3 heteroatoms. The van der Waals surface area contributed by atoms with Crippen LogP contribution in [0.5, 0.6) is 0 Å². The molecule has 0 amide bonds. The van der Waals surface area contributed by atoms with Crippen LogP contribution in [-0.2, 0) is 6.42 Å². The van der Waals surface area contributed by atoms with Gasteiger partial charge in [0.25, 0.3) is 0 Å². The lowest BCUT2D eigenvalue weighted by Crippen LogP contribution is -2.18. The Morgan fingerprint density at radius 1 is 1.11 bits per heavy atom. The fourth-order valence-corrected chi connectivity index (χ4v) is 1.90. The third-order valence-electron chi connectivity index (χ3n) is 3.15. The fourth-order valence-electron chi connectivity index (χ4n) is 1.90. The molecule has 1 nitrogen and oxygen atoms in total. The first-order valence-electron chi connectivity index (χ1n) is 6.78. The van der Waals surface area contributed by atoms with E-state index < -0.39 is 11.6 Å². The fraction of sp³-hybridized carbons (Fsp3) is 0.600. The van der Waals surface area contributed by atoms with Crippen LogP contribution in [0.2, 0.25) is 0 Å². The van der Waals surface area contributed by atoms with E-state index in [2.05, 4.69) is 19.2 Å². The minimum absolute atomic E-state index is 0.600. The topological polar surface area (TPSA) is 12.0 Å². The summed E-state index contributed by atoms with van der Waals surface area (Å²) in [6, 6.07) is 4.18. The summed E-state index contributed by atoms with van der Waals surface area (Å²) in [6.45, 7) is 6.45. The molecule has 0 spiro atoms. The third kappa shape index (κ3) is 5.58. The highest BCUT2D eigenvalue weighted by Gasteiger charge is 2.05. The molecular formula is C15H23F2N. The molecule has 1 aromatic rings. The van der Waals surface area contributed by atoms with Crippen LogP contribution in [0.25, 0.3) is 0 Å². The Balaban J connectivity index is 2.24. The van der Waals surface area contributed by atoms with E-state index in [0.717, 1.165) is 44.3 Å². The minimum atomic E-state index is -0.768. The molecule has 0 aliphatic carbocycles. The quantitative estimate of drug-likeness (QED) is 0.694. The Hall–Kier alpha value is -0.960. The van der Waals surface area contributed by atoms with Crippen molar-refractivity contribution in [2.75, 3.05) is 13.1 Å². The predicted octanol–water partition coefficient (Wildman–Crippen LogP) is 3.92. The average Bonchev–Trinajstić information content (AvgIpc) is 2.36. The molecule has 1 rings (SSSR count). The maximum absolute atomic E-state index is 13.0. The largest absolute Gasteiger partial charge is 0.317 e. The van der Waals surface area contributed by atoms with E-state index in [4.69, 9.17) is 0 Å². The number of aryl methyl sites for hydroxylation is 1. The first kappa shape index (κ1) is 15.1. The van der Waals surface area contributed by atoms with Crippen molar-refractivity contribution >= 4 is 0 Å². The summed E-state index contributed by atoms with van der Waals surface area (Å²) >= 11 is 0. The number of halogens is 2. The molecule has 0 saturated carbocycles. The summed E-state index contributed by atoms with van der Waals surface area (Å²) in [7, 11) is 0. The Morgan fingerprint density at radius 2 is 1.89 bits per heavy atom. The Kier molecular flexibility index (Phi) is 6.88. The van der Waals surface area contributed by atoms with Gasteiger partial charge in [0.1, 0.15) is 0 Å². The van der Waals surface area contributed by atoms with Crippen LogP contribution in [0.4, 0.5) is 8.78 Å². The third-order valence-corrected chi connectivity index (χ3v) is 3.15. The highest BCUT2D eigenvalue weighted by Crippen LogP contribution is 2.14. The molecule has 1 atom stereocenters. The lowest BCUT2D eigenvalue weighted by atomic mass is 9.98. The van der Waals surface area contributed by atoms with Crippen LogP contribution in [0.1, 0.15) is 38.7 Å². The van der Waals surface area contributed by atoms with E-state index in [0.29, 0.717) is 5.92 Å². The average molecular weight is 255 g/mol. The van der Waals surface area contributed by atoms with Gasteiger partial charge in [0.15, 0.2) is 11.6 Å². The zero-order valence-corrected chi connectivity index (χ0v) is 11.3. The van der Waals surface area contributed by atoms with Gasteiger partial charge in [-0.05, 0) is 62.4 Å². The summed E-state index contributed by atoms with van der Waals surface area (Å²) in [4.78, 5) is 0. The molecule has 0 radical (unpaired) electrons. The summed E-state index contributed by atoms with van der Waals surface area (Å²) in [5, 5.41) is 3.37. The lowest BCUT2D eigenvalue weighted by Gasteiger charge is -2.11. The van der Waals surface area contributed by atoms with Crippen molar-refractivity contribution in [1.82, 2.24) is 5.32 Å². The van der Waals surface area contributed by atoms with Crippen molar-refractivity contribution in [2.24, 2.45) is 5.92 Å². The second-order valence-electron chi connectivity index (χ2n) is 4.93. The van der Waals surface area contributed by atoms with Crippen LogP contribution < -0.4 is 5.32 Å². The summed E-state index contributed by atoms with van der Waals surface area (Å²) in [6.07, 6.45) is 4.11. The SMILES string of the molecule is CCCNCCC(C)CCc1ccc(F)c(F)c1. The molecule has 0 aliphatic rings. The molecule has 0 bridgehead atoms. The first-order chi connectivity index (χ1) is 8.63. The van der Waals surface area contributed by atoms with E-state index in [1.165, 1.54) is 12.1 Å². The summed E-state index contributed by atoms with van der Waals surface area (Å²) in [5.41, 5.74) is 0.877. The number of rotatable bonds is 8. The monoisotopic (exact) mass is 255 g/mol. The van der Waals surface area contributed by atoms with Crippen LogP contribution in [0.15, 0.2) is 18.2 Å². The molecule has 1 unspecified atom stereocenters. The Morgan fingerprint density at radius 3 is 2.56 bits per heavy atom. The number of nitrogens with one attached hydrogen (secondary N) is 1. The van der Waals surface area contributed by atoms with Crippen molar-refractivity contribution < 1.29 is 8.78 Å². The zero-order chi connectivity index (χ0) is 13.4. The van der Waals surface area contributed by atoms with Crippen LogP contribution in [0.3, 0.4) is 0 Å². The summed E-state index contributed by atoms with van der Waals surface area (Å²) < 4.78 is 25.8. The summed E-state index contributed by atoms with van der Waals surface area (Å²) in [5.74, 6) is -0.914. The molecule has 1 N–H and O–H groups in total. The van der Waals surface area contributed by atoms with Gasteiger partial charge < -0.3 is 5.32 Å². The first-order valence-corrected chi connectivity index (χ1v) is 6.78. The maximum Gasteiger partial charge on any atom is 0.159 e. The van der Waals surface area contributed by atoms with Crippen molar-refractivity contribution in [1.29, 1.82) is 0 Å². The van der Waals surface area contributed by atoms with Crippen LogP contribution in [0, 0.1) is 17.6 Å². The van der Waals surface area contributed by atoms with Gasteiger partial charge >= 0.3 is 0 Å². The smallest absolute Gasteiger partial charge is 0.159 e. The molecule has 0 heterocycles. The van der Waals surface area contributed by atoms with E-state index in [9.17, 15) is 8.78 Å². The van der Waals surface area contributed by atoms with Gasteiger partial charge in [-0.1, -0.05) is 19.9 Å². The highest BCUT2D eigenvalue weighted by molar-refractivity contribution is 5.17. The van der Waals surface area contributed by atoms with Crippen molar-refractivity contribution in [3.05, 3.63) is 35.4 Å². The Bertz CT molecular complexity index is 352. The second-order valence-corrected chi connectivity index (χ2v) is 4.93. The molecule has 0 fully saturated rings. The number of hydrogen-bond acceptors (Lipinski definition) is 1. The van der Waals surface area contributed by atoms with Crippen molar-refractivity contribution in [3.8, 4) is 0 Å².